The van der Waals surface area contributed by atoms with Crippen molar-refractivity contribution in [3.8, 4) is 12.3 Å². The molecule has 0 aliphatic carbocycles. The lowest BCUT2D eigenvalue weighted by molar-refractivity contribution is 0.958. The predicted octanol–water partition coefficient (Wildman–Crippen LogP) is 2.47. The van der Waals surface area contributed by atoms with Crippen LogP contribution in [0.5, 0.6) is 0 Å². The fraction of sp³-hybridized carbons (Fsp3) is 0.0769. The maximum Gasteiger partial charge on any atom is 0.0924 e. The highest BCUT2D eigenvalue weighted by atomic mass is 14.6. The van der Waals surface area contributed by atoms with Gasteiger partial charge in [-0.25, -0.2) is 0 Å². The topological polar surface area (TPSA) is 26.0 Å². The van der Waals surface area contributed by atoms with Crippen molar-refractivity contribution in [3.63, 3.8) is 0 Å². The van der Waals surface area contributed by atoms with E-state index in [0.717, 1.165) is 10.9 Å². The van der Waals surface area contributed by atoms with Crippen molar-refractivity contribution in [2.45, 2.75) is 6.04 Å². The lowest BCUT2D eigenvalue weighted by atomic mass is 10.00. The highest BCUT2D eigenvalue weighted by Gasteiger charge is 2.05. The van der Waals surface area contributed by atoms with Gasteiger partial charge in [-0.05, 0) is 16.3 Å². The maximum atomic E-state index is 5.82. The van der Waals surface area contributed by atoms with E-state index < -0.39 is 0 Å². The van der Waals surface area contributed by atoms with Crippen molar-refractivity contribution in [1.82, 2.24) is 0 Å². The van der Waals surface area contributed by atoms with Crippen LogP contribution in [0.1, 0.15) is 11.6 Å². The molecular weight excluding hydrogens is 170 g/mol. The van der Waals surface area contributed by atoms with Gasteiger partial charge in [0.05, 0.1) is 6.04 Å². The van der Waals surface area contributed by atoms with Crippen molar-refractivity contribution < 1.29 is 0 Å². The molecule has 0 aliphatic heterocycles. The molecule has 0 aliphatic rings. The van der Waals surface area contributed by atoms with Gasteiger partial charge in [0.2, 0.25) is 0 Å². The van der Waals surface area contributed by atoms with E-state index in [0.29, 0.717) is 0 Å². The van der Waals surface area contributed by atoms with E-state index in [1.807, 2.05) is 30.3 Å². The molecule has 14 heavy (non-hydrogen) atoms. The molecule has 2 aromatic carbocycles. The third kappa shape index (κ3) is 1.37. The molecule has 1 atom stereocenters. The van der Waals surface area contributed by atoms with Gasteiger partial charge in [0.1, 0.15) is 0 Å². The Morgan fingerprint density at radius 1 is 1.07 bits per heavy atom. The summed E-state index contributed by atoms with van der Waals surface area (Å²) >= 11 is 0. The van der Waals surface area contributed by atoms with Crippen LogP contribution < -0.4 is 5.73 Å². The second kappa shape index (κ2) is 3.53. The van der Waals surface area contributed by atoms with Crippen LogP contribution in [0, 0.1) is 12.3 Å². The second-order valence-electron chi connectivity index (χ2n) is 3.21. The third-order valence-corrected chi connectivity index (χ3v) is 2.34. The molecule has 68 valence electrons. The average Bonchev–Trinajstić information content (AvgIpc) is 2.27. The number of hydrogen-bond acceptors (Lipinski definition) is 1. The smallest absolute Gasteiger partial charge is 0.0924 e. The zero-order valence-corrected chi connectivity index (χ0v) is 7.77. The molecule has 0 bridgehead atoms. The van der Waals surface area contributed by atoms with E-state index in [-0.39, 0.29) is 6.04 Å². The van der Waals surface area contributed by atoms with Crippen molar-refractivity contribution >= 4 is 10.8 Å². The van der Waals surface area contributed by atoms with Gasteiger partial charge in [0.15, 0.2) is 0 Å². The normalized spacial score (nSPS) is 12.3. The molecule has 1 nitrogen and oxygen atoms in total. The Morgan fingerprint density at radius 2 is 1.79 bits per heavy atom. The predicted molar refractivity (Wildman–Crippen MR) is 59.7 cm³/mol. The van der Waals surface area contributed by atoms with Gasteiger partial charge in [-0.1, -0.05) is 48.4 Å². The lowest BCUT2D eigenvalue weighted by Crippen LogP contribution is -2.07. The van der Waals surface area contributed by atoms with Crippen molar-refractivity contribution in [2.24, 2.45) is 5.73 Å². The molecule has 0 unspecified atom stereocenters. The number of fused-ring (bicyclic) bond motifs is 1. The standard InChI is InChI=1S/C13H11N/c1-2-13(14)12-9-5-7-10-6-3-4-8-11(10)12/h1,3-9,13H,14H2/t13-/m1/s1. The summed E-state index contributed by atoms with van der Waals surface area (Å²) in [5.74, 6) is 2.55. The highest BCUT2D eigenvalue weighted by Crippen LogP contribution is 2.22. The Bertz CT molecular complexity index is 489. The second-order valence-corrected chi connectivity index (χ2v) is 3.21. The summed E-state index contributed by atoms with van der Waals surface area (Å²) in [5.41, 5.74) is 6.84. The van der Waals surface area contributed by atoms with Gasteiger partial charge in [-0.2, -0.15) is 0 Å². The van der Waals surface area contributed by atoms with Crippen LogP contribution >= 0.6 is 0 Å². The molecule has 0 heterocycles. The van der Waals surface area contributed by atoms with Crippen molar-refractivity contribution in [1.29, 1.82) is 0 Å². The monoisotopic (exact) mass is 181 g/mol. The minimum atomic E-state index is -0.318. The number of nitrogens with two attached hydrogens (primary N) is 1. The van der Waals surface area contributed by atoms with Crippen LogP contribution in [-0.2, 0) is 0 Å². The zero-order valence-electron chi connectivity index (χ0n) is 7.77. The Hall–Kier alpha value is -1.78. The molecule has 2 aromatic rings. The van der Waals surface area contributed by atoms with E-state index in [9.17, 15) is 0 Å². The van der Waals surface area contributed by atoms with E-state index in [4.69, 9.17) is 12.2 Å². The SMILES string of the molecule is C#C[C@@H](N)c1cccc2ccccc12. The third-order valence-electron chi connectivity index (χ3n) is 2.34. The van der Waals surface area contributed by atoms with Gasteiger partial charge >= 0.3 is 0 Å². The average molecular weight is 181 g/mol. The van der Waals surface area contributed by atoms with E-state index in [2.05, 4.69) is 18.1 Å². The minimum absolute atomic E-state index is 0.318. The summed E-state index contributed by atoms with van der Waals surface area (Å²) < 4.78 is 0. The van der Waals surface area contributed by atoms with Crippen LogP contribution in [0.25, 0.3) is 10.8 Å². The first-order valence-corrected chi connectivity index (χ1v) is 4.52. The summed E-state index contributed by atoms with van der Waals surface area (Å²) in [6.07, 6.45) is 5.32. The summed E-state index contributed by atoms with van der Waals surface area (Å²) in [5, 5.41) is 2.32. The Balaban J connectivity index is 2.72. The van der Waals surface area contributed by atoms with Crippen LogP contribution in [0.2, 0.25) is 0 Å². The molecule has 1 heteroatoms. The molecule has 0 saturated heterocycles. The Morgan fingerprint density at radius 3 is 2.57 bits per heavy atom. The van der Waals surface area contributed by atoms with Gasteiger partial charge in [0.25, 0.3) is 0 Å². The van der Waals surface area contributed by atoms with E-state index in [1.54, 1.807) is 0 Å². The van der Waals surface area contributed by atoms with Crippen LogP contribution in [0.15, 0.2) is 42.5 Å². The van der Waals surface area contributed by atoms with Gasteiger partial charge in [-0.3, -0.25) is 0 Å². The van der Waals surface area contributed by atoms with Crippen molar-refractivity contribution in [3.05, 3.63) is 48.0 Å². The molecule has 0 saturated carbocycles. The van der Waals surface area contributed by atoms with Gasteiger partial charge in [-0.15, -0.1) is 6.42 Å². The molecule has 2 rings (SSSR count). The molecule has 0 radical (unpaired) electrons. The minimum Gasteiger partial charge on any atom is -0.314 e. The highest BCUT2D eigenvalue weighted by molar-refractivity contribution is 5.86. The molecule has 2 N–H and O–H groups in total. The van der Waals surface area contributed by atoms with Gasteiger partial charge < -0.3 is 5.73 Å². The van der Waals surface area contributed by atoms with E-state index >= 15 is 0 Å². The molecular formula is C13H11N. The maximum absolute atomic E-state index is 5.82. The largest absolute Gasteiger partial charge is 0.314 e. The first-order chi connectivity index (χ1) is 6.83. The first kappa shape index (κ1) is 8.80. The molecule has 0 spiro atoms. The lowest BCUT2D eigenvalue weighted by Gasteiger charge is -2.08. The van der Waals surface area contributed by atoms with Crippen LogP contribution in [0.3, 0.4) is 0 Å². The summed E-state index contributed by atoms with van der Waals surface area (Å²) in [7, 11) is 0. The molecule has 0 fully saturated rings. The fourth-order valence-corrected chi connectivity index (χ4v) is 1.61. The first-order valence-electron chi connectivity index (χ1n) is 4.52. The Kier molecular flexibility index (Phi) is 2.22. The zero-order chi connectivity index (χ0) is 9.97. The fourth-order valence-electron chi connectivity index (χ4n) is 1.61. The summed E-state index contributed by atoms with van der Waals surface area (Å²) in [6, 6.07) is 13.8. The van der Waals surface area contributed by atoms with E-state index in [1.165, 1.54) is 5.39 Å². The molecule has 0 amide bonds. The molecule has 0 aromatic heterocycles. The Labute approximate surface area is 83.5 Å². The van der Waals surface area contributed by atoms with Crippen LogP contribution in [-0.4, -0.2) is 0 Å². The number of hydrogen-bond donors (Lipinski definition) is 1. The van der Waals surface area contributed by atoms with Crippen molar-refractivity contribution in [2.75, 3.05) is 0 Å². The summed E-state index contributed by atoms with van der Waals surface area (Å²) in [4.78, 5) is 0. The quantitative estimate of drug-likeness (QED) is 0.672. The summed E-state index contributed by atoms with van der Waals surface area (Å²) in [6.45, 7) is 0. The van der Waals surface area contributed by atoms with Gasteiger partial charge in [0, 0.05) is 0 Å². The van der Waals surface area contributed by atoms with Crippen LogP contribution in [0.4, 0.5) is 0 Å². The number of terminal acetylenes is 1. The number of benzene rings is 2. The number of rotatable bonds is 1.